The highest BCUT2D eigenvalue weighted by atomic mass is 16.6. The second-order valence-corrected chi connectivity index (χ2v) is 7.18. The van der Waals surface area contributed by atoms with E-state index in [0.29, 0.717) is 49.3 Å². The summed E-state index contributed by atoms with van der Waals surface area (Å²) >= 11 is 0. The molecule has 0 saturated carbocycles. The van der Waals surface area contributed by atoms with Crippen LogP contribution in [0.5, 0.6) is 11.5 Å². The average Bonchev–Trinajstić information content (AvgIpc) is 3.10. The second kappa shape index (κ2) is 7.82. The molecule has 2 saturated heterocycles. The molecule has 0 aliphatic carbocycles. The fraction of sp³-hybridized carbons (Fsp3) is 0.632. The maximum atomic E-state index is 12.9. The van der Waals surface area contributed by atoms with E-state index in [1.807, 2.05) is 4.90 Å². The first kappa shape index (κ1) is 17.6. The van der Waals surface area contributed by atoms with Crippen molar-refractivity contribution in [3.8, 4) is 11.5 Å². The van der Waals surface area contributed by atoms with E-state index in [4.69, 9.17) is 14.2 Å². The van der Waals surface area contributed by atoms with Crippen LogP contribution in [0.4, 0.5) is 0 Å². The topological polar surface area (TPSA) is 71.5 Å². The van der Waals surface area contributed by atoms with Crippen LogP contribution in [0, 0.1) is 11.8 Å². The number of aliphatic hydroxyl groups is 1. The normalized spacial score (nSPS) is 26.1. The Bertz CT molecular complexity index is 647. The quantitative estimate of drug-likeness (QED) is 0.840. The molecule has 26 heavy (non-hydrogen) atoms. The predicted molar refractivity (Wildman–Crippen MR) is 94.7 cm³/mol. The minimum absolute atomic E-state index is 0.00935. The van der Waals surface area contributed by atoms with E-state index in [-0.39, 0.29) is 18.4 Å². The van der Waals surface area contributed by atoms with Gasteiger partial charge >= 0.3 is 0 Å². The lowest BCUT2D eigenvalue weighted by atomic mass is 9.96. The molecule has 3 aliphatic rings. The minimum Gasteiger partial charge on any atom is -0.486 e. The van der Waals surface area contributed by atoms with Crippen molar-refractivity contribution in [3.63, 3.8) is 0 Å². The Morgan fingerprint density at radius 1 is 1.04 bits per heavy atom. The lowest BCUT2D eigenvalue weighted by Gasteiger charge is -2.30. The Morgan fingerprint density at radius 2 is 1.77 bits per heavy atom. The first-order valence-corrected chi connectivity index (χ1v) is 9.34. The Morgan fingerprint density at radius 3 is 2.54 bits per heavy atom. The van der Waals surface area contributed by atoms with Crippen LogP contribution < -0.4 is 9.47 Å². The van der Waals surface area contributed by atoms with E-state index in [1.54, 1.807) is 18.2 Å². The van der Waals surface area contributed by atoms with Gasteiger partial charge < -0.3 is 24.2 Å². The second-order valence-electron chi connectivity index (χ2n) is 7.18. The molecule has 1 aromatic rings. The predicted octanol–water partition coefficient (Wildman–Crippen LogP) is 0.471. The molecule has 0 radical (unpaired) electrons. The minimum atomic E-state index is -0.00935. The van der Waals surface area contributed by atoms with Crippen molar-refractivity contribution in [2.45, 2.75) is 0 Å². The monoisotopic (exact) mass is 362 g/mol. The molecule has 1 amide bonds. The molecule has 3 heterocycles. The molecule has 142 valence electrons. The zero-order chi connectivity index (χ0) is 17.9. The molecule has 0 spiro atoms. The van der Waals surface area contributed by atoms with E-state index >= 15 is 0 Å². The summed E-state index contributed by atoms with van der Waals surface area (Å²) in [5, 5.41) is 9.78. The first-order valence-electron chi connectivity index (χ1n) is 9.34. The molecule has 4 rings (SSSR count). The van der Waals surface area contributed by atoms with Crippen LogP contribution in [-0.4, -0.2) is 86.6 Å². The van der Waals surface area contributed by atoms with Gasteiger partial charge in [0.2, 0.25) is 0 Å². The van der Waals surface area contributed by atoms with Crippen molar-refractivity contribution in [2.75, 3.05) is 65.8 Å². The molecular weight excluding hydrogens is 336 g/mol. The van der Waals surface area contributed by atoms with Gasteiger partial charge in [-0.1, -0.05) is 0 Å². The third-order valence-corrected chi connectivity index (χ3v) is 5.48. The molecule has 7 heteroatoms. The van der Waals surface area contributed by atoms with E-state index < -0.39 is 0 Å². The van der Waals surface area contributed by atoms with Gasteiger partial charge in [-0.2, -0.15) is 0 Å². The molecular formula is C19H26N2O5. The summed E-state index contributed by atoms with van der Waals surface area (Å²) in [6.07, 6.45) is 0. The van der Waals surface area contributed by atoms with E-state index in [1.165, 1.54) is 0 Å². The van der Waals surface area contributed by atoms with Crippen molar-refractivity contribution < 1.29 is 24.1 Å². The molecule has 2 atom stereocenters. The fourth-order valence-electron chi connectivity index (χ4n) is 3.99. The molecule has 1 N–H and O–H groups in total. The Labute approximate surface area is 153 Å². The van der Waals surface area contributed by atoms with Crippen LogP contribution >= 0.6 is 0 Å². The Hall–Kier alpha value is -1.83. The number of ether oxygens (including phenoxy) is 3. The molecule has 1 aromatic carbocycles. The van der Waals surface area contributed by atoms with Crippen molar-refractivity contribution in [2.24, 2.45) is 11.8 Å². The van der Waals surface area contributed by atoms with E-state index in [2.05, 4.69) is 4.90 Å². The zero-order valence-electron chi connectivity index (χ0n) is 14.9. The van der Waals surface area contributed by atoms with Crippen LogP contribution in [0.15, 0.2) is 18.2 Å². The van der Waals surface area contributed by atoms with Crippen LogP contribution in [0.3, 0.4) is 0 Å². The standard InChI is InChI=1S/C19H26N2O5/c22-13-16-12-21(11-15(16)10-20-3-5-24-6-4-20)19(23)14-1-2-17-18(9-14)26-8-7-25-17/h1-2,9,15-16,22H,3-8,10-13H2/t15-,16-/m1/s1. The maximum Gasteiger partial charge on any atom is 0.254 e. The number of likely N-dealkylation sites (tertiary alicyclic amines) is 1. The number of amides is 1. The number of carbonyl (C=O) groups is 1. The van der Waals surface area contributed by atoms with E-state index in [9.17, 15) is 9.90 Å². The molecule has 2 fully saturated rings. The number of hydrogen-bond donors (Lipinski definition) is 1. The summed E-state index contributed by atoms with van der Waals surface area (Å²) in [6, 6.07) is 5.35. The van der Waals surface area contributed by atoms with Gasteiger partial charge in [0.25, 0.3) is 5.91 Å². The fourth-order valence-corrected chi connectivity index (χ4v) is 3.99. The van der Waals surface area contributed by atoms with Crippen LogP contribution in [0.1, 0.15) is 10.4 Å². The number of aliphatic hydroxyl groups excluding tert-OH is 1. The van der Waals surface area contributed by atoms with Crippen molar-refractivity contribution in [1.82, 2.24) is 9.80 Å². The maximum absolute atomic E-state index is 12.9. The molecule has 7 nitrogen and oxygen atoms in total. The van der Waals surface area contributed by atoms with Crippen LogP contribution in [-0.2, 0) is 4.74 Å². The van der Waals surface area contributed by atoms with Gasteiger partial charge in [0.1, 0.15) is 13.2 Å². The lowest BCUT2D eigenvalue weighted by molar-refractivity contribution is 0.0264. The number of fused-ring (bicyclic) bond motifs is 1. The zero-order valence-corrected chi connectivity index (χ0v) is 14.9. The number of hydrogen-bond acceptors (Lipinski definition) is 6. The van der Waals surface area contributed by atoms with Gasteiger partial charge in [0, 0.05) is 50.8 Å². The summed E-state index contributed by atoms with van der Waals surface area (Å²) in [6.45, 7) is 6.69. The van der Waals surface area contributed by atoms with Gasteiger partial charge in [0.05, 0.1) is 13.2 Å². The van der Waals surface area contributed by atoms with Gasteiger partial charge in [-0.3, -0.25) is 9.69 Å². The van der Waals surface area contributed by atoms with Crippen LogP contribution in [0.2, 0.25) is 0 Å². The molecule has 0 unspecified atom stereocenters. The van der Waals surface area contributed by atoms with Gasteiger partial charge in [-0.05, 0) is 24.1 Å². The largest absolute Gasteiger partial charge is 0.486 e. The highest BCUT2D eigenvalue weighted by molar-refractivity contribution is 5.95. The molecule has 3 aliphatic heterocycles. The summed E-state index contributed by atoms with van der Waals surface area (Å²) in [7, 11) is 0. The van der Waals surface area contributed by atoms with Gasteiger partial charge in [-0.25, -0.2) is 0 Å². The SMILES string of the molecule is O=C(c1ccc2c(c1)OCCO2)N1C[C@@H](CN2CCOCC2)[C@@H](CO)C1. The van der Waals surface area contributed by atoms with Gasteiger partial charge in [-0.15, -0.1) is 0 Å². The van der Waals surface area contributed by atoms with E-state index in [0.717, 1.165) is 32.8 Å². The molecule has 0 bridgehead atoms. The number of nitrogens with zero attached hydrogens (tertiary/aromatic N) is 2. The van der Waals surface area contributed by atoms with Crippen molar-refractivity contribution in [3.05, 3.63) is 23.8 Å². The first-order chi connectivity index (χ1) is 12.7. The number of morpholine rings is 1. The number of carbonyl (C=O) groups excluding carboxylic acids is 1. The Balaban J connectivity index is 1.43. The van der Waals surface area contributed by atoms with Crippen LogP contribution in [0.25, 0.3) is 0 Å². The lowest BCUT2D eigenvalue weighted by Crippen LogP contribution is -2.41. The molecule has 0 aromatic heterocycles. The smallest absolute Gasteiger partial charge is 0.254 e. The number of rotatable bonds is 4. The summed E-state index contributed by atoms with van der Waals surface area (Å²) in [4.78, 5) is 17.2. The number of benzene rings is 1. The van der Waals surface area contributed by atoms with Crippen molar-refractivity contribution >= 4 is 5.91 Å². The third kappa shape index (κ3) is 3.65. The summed E-state index contributed by atoms with van der Waals surface area (Å²) < 4.78 is 16.5. The van der Waals surface area contributed by atoms with Crippen molar-refractivity contribution in [1.29, 1.82) is 0 Å². The van der Waals surface area contributed by atoms with Gasteiger partial charge in [0.15, 0.2) is 11.5 Å². The Kier molecular flexibility index (Phi) is 5.28. The highest BCUT2D eigenvalue weighted by Gasteiger charge is 2.36. The summed E-state index contributed by atoms with van der Waals surface area (Å²) in [5.41, 5.74) is 0.609. The summed E-state index contributed by atoms with van der Waals surface area (Å²) in [5.74, 6) is 1.72. The average molecular weight is 362 g/mol. The highest BCUT2D eigenvalue weighted by Crippen LogP contribution is 2.32. The third-order valence-electron chi connectivity index (χ3n) is 5.48.